The van der Waals surface area contributed by atoms with E-state index in [1.165, 1.54) is 6.21 Å². The zero-order chi connectivity index (χ0) is 17.6. The first-order valence-electron chi connectivity index (χ1n) is 7.97. The largest absolute Gasteiger partial charge is 0.507 e. The number of nitrogens with zero attached hydrogens (tertiary/aromatic N) is 1. The molecule has 1 amide bonds. The van der Waals surface area contributed by atoms with Crippen LogP contribution < -0.4 is 10.7 Å². The van der Waals surface area contributed by atoms with Crippen LogP contribution in [0, 0.1) is 6.92 Å². The molecule has 0 saturated carbocycles. The van der Waals surface area contributed by atoms with Crippen molar-refractivity contribution in [2.75, 3.05) is 11.9 Å². The van der Waals surface area contributed by atoms with Crippen molar-refractivity contribution >= 4 is 28.6 Å². The number of carbonyl (C=O) groups excluding carboxylic acids is 1. The Morgan fingerprint density at radius 3 is 2.68 bits per heavy atom. The van der Waals surface area contributed by atoms with Gasteiger partial charge in [-0.2, -0.15) is 5.10 Å². The molecule has 126 valence electrons. The van der Waals surface area contributed by atoms with Crippen molar-refractivity contribution in [1.29, 1.82) is 0 Å². The van der Waals surface area contributed by atoms with Crippen molar-refractivity contribution in [3.05, 3.63) is 71.8 Å². The van der Waals surface area contributed by atoms with Crippen molar-refractivity contribution in [2.24, 2.45) is 5.10 Å². The zero-order valence-electron chi connectivity index (χ0n) is 13.9. The Labute approximate surface area is 146 Å². The molecule has 0 aliphatic heterocycles. The van der Waals surface area contributed by atoms with E-state index in [1.54, 1.807) is 6.07 Å². The average Bonchev–Trinajstić information content (AvgIpc) is 2.63. The van der Waals surface area contributed by atoms with Gasteiger partial charge in [0.05, 0.1) is 12.8 Å². The van der Waals surface area contributed by atoms with Gasteiger partial charge in [0.25, 0.3) is 5.91 Å². The van der Waals surface area contributed by atoms with Crippen molar-refractivity contribution in [2.45, 2.75) is 6.92 Å². The highest BCUT2D eigenvalue weighted by molar-refractivity contribution is 6.02. The van der Waals surface area contributed by atoms with E-state index in [1.807, 2.05) is 61.5 Å². The van der Waals surface area contributed by atoms with Crippen molar-refractivity contribution < 1.29 is 9.90 Å². The molecule has 0 fully saturated rings. The maximum atomic E-state index is 11.9. The molecule has 5 nitrogen and oxygen atoms in total. The van der Waals surface area contributed by atoms with Crippen LogP contribution in [0.25, 0.3) is 10.8 Å². The molecular formula is C20H19N3O2. The van der Waals surface area contributed by atoms with Gasteiger partial charge in [0.15, 0.2) is 0 Å². The zero-order valence-corrected chi connectivity index (χ0v) is 13.9. The molecule has 3 N–H and O–H groups in total. The Hall–Kier alpha value is -3.34. The van der Waals surface area contributed by atoms with Crippen LogP contribution in [0.1, 0.15) is 11.1 Å². The summed E-state index contributed by atoms with van der Waals surface area (Å²) in [6, 6.07) is 18.9. The second-order valence-electron chi connectivity index (χ2n) is 5.68. The standard InChI is InChI=1S/C20H19N3O2/c1-14-6-2-5-9-18(14)21-13-20(25)23-22-12-17-16-8-4-3-7-15(16)10-11-19(17)24/h2-12,21,24H,13H2,1H3,(H,23,25)/b22-12+. The lowest BCUT2D eigenvalue weighted by Crippen LogP contribution is -2.26. The number of phenols is 1. The van der Waals surface area contributed by atoms with Gasteiger partial charge in [0.2, 0.25) is 0 Å². The molecule has 0 atom stereocenters. The summed E-state index contributed by atoms with van der Waals surface area (Å²) in [5, 5.41) is 18.9. The number of amides is 1. The second-order valence-corrected chi connectivity index (χ2v) is 5.68. The Morgan fingerprint density at radius 2 is 1.84 bits per heavy atom. The first kappa shape index (κ1) is 16.5. The fraction of sp³-hybridized carbons (Fsp3) is 0.100. The third-order valence-electron chi connectivity index (χ3n) is 3.92. The highest BCUT2D eigenvalue weighted by Gasteiger charge is 2.05. The minimum Gasteiger partial charge on any atom is -0.507 e. The fourth-order valence-corrected chi connectivity index (χ4v) is 2.57. The van der Waals surface area contributed by atoms with Gasteiger partial charge >= 0.3 is 0 Å². The molecular weight excluding hydrogens is 314 g/mol. The van der Waals surface area contributed by atoms with Crippen LogP contribution >= 0.6 is 0 Å². The molecule has 0 aliphatic rings. The summed E-state index contributed by atoms with van der Waals surface area (Å²) in [5.74, 6) is -0.144. The summed E-state index contributed by atoms with van der Waals surface area (Å²) >= 11 is 0. The molecule has 0 saturated heterocycles. The number of hydrazone groups is 1. The molecule has 3 aromatic carbocycles. The van der Waals surface area contributed by atoms with E-state index in [0.29, 0.717) is 5.56 Å². The number of phenolic OH excluding ortho intramolecular Hbond substituents is 1. The summed E-state index contributed by atoms with van der Waals surface area (Å²) in [5.41, 5.74) is 5.02. The maximum absolute atomic E-state index is 11.9. The van der Waals surface area contributed by atoms with Crippen LogP contribution in [0.15, 0.2) is 65.8 Å². The Bertz CT molecular complexity index is 935. The van der Waals surface area contributed by atoms with Crippen LogP contribution in [0.2, 0.25) is 0 Å². The van der Waals surface area contributed by atoms with Crippen LogP contribution in [-0.4, -0.2) is 23.8 Å². The summed E-state index contributed by atoms with van der Waals surface area (Å²) in [6.45, 7) is 2.09. The van der Waals surface area contributed by atoms with E-state index in [2.05, 4.69) is 15.8 Å². The van der Waals surface area contributed by atoms with Gasteiger partial charge < -0.3 is 10.4 Å². The van der Waals surface area contributed by atoms with E-state index >= 15 is 0 Å². The average molecular weight is 333 g/mol. The first-order valence-corrected chi connectivity index (χ1v) is 7.97. The highest BCUT2D eigenvalue weighted by Crippen LogP contribution is 2.25. The van der Waals surface area contributed by atoms with Crippen LogP contribution in [-0.2, 0) is 4.79 Å². The van der Waals surface area contributed by atoms with Crippen molar-refractivity contribution in [3.63, 3.8) is 0 Å². The van der Waals surface area contributed by atoms with E-state index in [-0.39, 0.29) is 18.2 Å². The predicted molar refractivity (Wildman–Crippen MR) is 101 cm³/mol. The monoisotopic (exact) mass is 333 g/mol. The van der Waals surface area contributed by atoms with Gasteiger partial charge in [-0.1, -0.05) is 48.5 Å². The summed E-state index contributed by atoms with van der Waals surface area (Å²) in [6.07, 6.45) is 1.46. The SMILES string of the molecule is Cc1ccccc1NCC(=O)N/N=C/c1c(O)ccc2ccccc12. The Morgan fingerprint density at radius 1 is 1.08 bits per heavy atom. The number of para-hydroxylation sites is 1. The predicted octanol–water partition coefficient (Wildman–Crippen LogP) is 3.42. The molecule has 0 bridgehead atoms. The van der Waals surface area contributed by atoms with Gasteiger partial charge in [-0.3, -0.25) is 4.79 Å². The minimum absolute atomic E-state index is 0.115. The molecule has 3 aromatic rings. The number of anilines is 1. The molecule has 0 aliphatic carbocycles. The number of nitrogens with one attached hydrogen (secondary N) is 2. The number of fused-ring (bicyclic) bond motifs is 1. The molecule has 3 rings (SSSR count). The van der Waals surface area contributed by atoms with E-state index in [0.717, 1.165) is 22.0 Å². The van der Waals surface area contributed by atoms with Crippen LogP contribution in [0.4, 0.5) is 5.69 Å². The van der Waals surface area contributed by atoms with Gasteiger partial charge in [-0.25, -0.2) is 5.43 Å². The molecule has 25 heavy (non-hydrogen) atoms. The lowest BCUT2D eigenvalue weighted by molar-refractivity contribution is -0.119. The van der Waals surface area contributed by atoms with Crippen LogP contribution in [0.5, 0.6) is 5.75 Å². The molecule has 0 heterocycles. The number of benzene rings is 3. The Balaban J connectivity index is 1.64. The number of carbonyl (C=O) groups is 1. The van der Waals surface area contributed by atoms with Crippen molar-refractivity contribution in [3.8, 4) is 5.75 Å². The number of hydrogen-bond acceptors (Lipinski definition) is 4. The maximum Gasteiger partial charge on any atom is 0.259 e. The summed E-state index contributed by atoms with van der Waals surface area (Å²) in [4.78, 5) is 11.9. The van der Waals surface area contributed by atoms with Gasteiger partial charge in [-0.05, 0) is 35.4 Å². The lowest BCUT2D eigenvalue weighted by Gasteiger charge is -2.08. The van der Waals surface area contributed by atoms with Crippen LogP contribution in [0.3, 0.4) is 0 Å². The van der Waals surface area contributed by atoms with E-state index in [4.69, 9.17) is 0 Å². The smallest absolute Gasteiger partial charge is 0.259 e. The minimum atomic E-state index is -0.265. The third kappa shape index (κ3) is 3.95. The van der Waals surface area contributed by atoms with Gasteiger partial charge in [0.1, 0.15) is 5.75 Å². The molecule has 0 spiro atoms. The summed E-state index contributed by atoms with van der Waals surface area (Å²) in [7, 11) is 0. The summed E-state index contributed by atoms with van der Waals surface area (Å²) < 4.78 is 0. The highest BCUT2D eigenvalue weighted by atomic mass is 16.3. The normalized spacial score (nSPS) is 10.9. The first-order chi connectivity index (χ1) is 12.1. The van der Waals surface area contributed by atoms with Gasteiger partial charge in [0, 0.05) is 11.3 Å². The number of hydrogen-bond donors (Lipinski definition) is 3. The Kier molecular flexibility index (Phi) is 4.95. The molecule has 0 unspecified atom stereocenters. The number of rotatable bonds is 5. The lowest BCUT2D eigenvalue weighted by atomic mass is 10.0. The number of aromatic hydroxyl groups is 1. The molecule has 5 heteroatoms. The molecule has 0 aromatic heterocycles. The van der Waals surface area contributed by atoms with E-state index < -0.39 is 0 Å². The fourth-order valence-electron chi connectivity index (χ4n) is 2.57. The molecule has 0 radical (unpaired) electrons. The quantitative estimate of drug-likeness (QED) is 0.495. The topological polar surface area (TPSA) is 73.7 Å². The van der Waals surface area contributed by atoms with Gasteiger partial charge in [-0.15, -0.1) is 0 Å². The van der Waals surface area contributed by atoms with Crippen molar-refractivity contribution in [1.82, 2.24) is 5.43 Å². The second kappa shape index (κ2) is 7.49. The number of aryl methyl sites for hydroxylation is 1. The third-order valence-corrected chi connectivity index (χ3v) is 3.92. The van der Waals surface area contributed by atoms with E-state index in [9.17, 15) is 9.90 Å².